The Bertz CT molecular complexity index is 1170. The van der Waals surface area contributed by atoms with Crippen LogP contribution in [0.25, 0.3) is 0 Å². The van der Waals surface area contributed by atoms with Crippen LogP contribution in [0.2, 0.25) is 15.1 Å². The first-order valence-corrected chi connectivity index (χ1v) is 14.6. The van der Waals surface area contributed by atoms with E-state index in [1.807, 2.05) is 6.92 Å². The Morgan fingerprint density at radius 1 is 1.00 bits per heavy atom. The molecule has 0 aliphatic carbocycles. The van der Waals surface area contributed by atoms with Crippen molar-refractivity contribution in [2.45, 2.75) is 52.6 Å². The van der Waals surface area contributed by atoms with Gasteiger partial charge < -0.3 is 10.2 Å². The fraction of sp³-hybridized carbons (Fsp3) is 0.440. The standard InChI is InChI=1S/C25H32Cl3N3O4S/c1-5-7-14-29-25(33)22(6-2)30(15-18-20(27)11-8-12-21(18)28)24(32)16-31(36(4,34)35)23-13-9-10-19(26)17(23)3/h8-13,22H,5-7,14-16H2,1-4H3,(H,29,33). The highest BCUT2D eigenvalue weighted by Crippen LogP contribution is 2.30. The zero-order chi connectivity index (χ0) is 27.0. The van der Waals surface area contributed by atoms with Gasteiger partial charge in [0.1, 0.15) is 12.6 Å². The molecule has 11 heteroatoms. The normalized spacial score (nSPS) is 12.2. The zero-order valence-electron chi connectivity index (χ0n) is 20.9. The quantitative estimate of drug-likeness (QED) is 0.341. The van der Waals surface area contributed by atoms with E-state index in [2.05, 4.69) is 5.32 Å². The largest absolute Gasteiger partial charge is 0.354 e. The Hall–Kier alpha value is -2.00. The van der Waals surface area contributed by atoms with Crippen LogP contribution in [0.1, 0.15) is 44.2 Å². The van der Waals surface area contributed by atoms with Gasteiger partial charge >= 0.3 is 0 Å². The van der Waals surface area contributed by atoms with Gasteiger partial charge in [-0.15, -0.1) is 0 Å². The molecule has 0 aliphatic heterocycles. The molecule has 0 heterocycles. The van der Waals surface area contributed by atoms with Gasteiger partial charge in [-0.05, 0) is 49.6 Å². The fourth-order valence-electron chi connectivity index (χ4n) is 3.74. The third kappa shape index (κ3) is 7.75. The van der Waals surface area contributed by atoms with E-state index in [0.29, 0.717) is 39.2 Å². The minimum Gasteiger partial charge on any atom is -0.354 e. The molecule has 1 atom stereocenters. The van der Waals surface area contributed by atoms with Crippen LogP contribution in [0.5, 0.6) is 0 Å². The van der Waals surface area contributed by atoms with Crippen molar-refractivity contribution in [1.29, 1.82) is 0 Å². The van der Waals surface area contributed by atoms with Crippen LogP contribution in [0, 0.1) is 6.92 Å². The number of nitrogens with one attached hydrogen (secondary N) is 1. The number of amides is 2. The Morgan fingerprint density at radius 2 is 1.58 bits per heavy atom. The number of carbonyl (C=O) groups is 2. The summed E-state index contributed by atoms with van der Waals surface area (Å²) in [5.41, 5.74) is 1.27. The molecule has 0 aromatic heterocycles. The number of hydrogen-bond acceptors (Lipinski definition) is 4. The number of unbranched alkanes of at least 4 members (excludes halogenated alkanes) is 1. The molecule has 0 aliphatic rings. The number of hydrogen-bond donors (Lipinski definition) is 1. The van der Waals surface area contributed by atoms with Crippen molar-refractivity contribution in [2.75, 3.05) is 23.7 Å². The van der Waals surface area contributed by atoms with Crippen LogP contribution in [0.4, 0.5) is 5.69 Å². The highest BCUT2D eigenvalue weighted by Gasteiger charge is 2.33. The molecular formula is C25H32Cl3N3O4S. The van der Waals surface area contributed by atoms with Gasteiger partial charge in [-0.1, -0.05) is 67.2 Å². The van der Waals surface area contributed by atoms with E-state index in [0.717, 1.165) is 23.4 Å². The molecule has 1 unspecified atom stereocenters. The Morgan fingerprint density at radius 3 is 2.14 bits per heavy atom. The van der Waals surface area contributed by atoms with E-state index >= 15 is 0 Å². The summed E-state index contributed by atoms with van der Waals surface area (Å²) in [7, 11) is -3.87. The maximum atomic E-state index is 13.8. The first-order valence-electron chi connectivity index (χ1n) is 11.6. The Balaban J connectivity index is 2.51. The van der Waals surface area contributed by atoms with Gasteiger partial charge in [-0.2, -0.15) is 0 Å². The minimum absolute atomic E-state index is 0.0663. The number of rotatable bonds is 12. The summed E-state index contributed by atoms with van der Waals surface area (Å²) >= 11 is 19.0. The number of carbonyl (C=O) groups excluding carboxylic acids is 2. The predicted octanol–water partition coefficient (Wildman–Crippen LogP) is 5.44. The van der Waals surface area contributed by atoms with Gasteiger partial charge in [0.05, 0.1) is 11.9 Å². The lowest BCUT2D eigenvalue weighted by molar-refractivity contribution is -0.140. The average Bonchev–Trinajstić information content (AvgIpc) is 2.80. The molecule has 2 aromatic rings. The predicted molar refractivity (Wildman–Crippen MR) is 147 cm³/mol. The van der Waals surface area contributed by atoms with Gasteiger partial charge in [0.2, 0.25) is 21.8 Å². The van der Waals surface area contributed by atoms with Crippen LogP contribution >= 0.6 is 34.8 Å². The molecule has 0 spiro atoms. The van der Waals surface area contributed by atoms with E-state index in [-0.39, 0.29) is 18.1 Å². The van der Waals surface area contributed by atoms with E-state index in [1.54, 1.807) is 50.2 Å². The molecule has 2 rings (SSSR count). The molecule has 2 amide bonds. The van der Waals surface area contributed by atoms with E-state index in [4.69, 9.17) is 34.8 Å². The summed E-state index contributed by atoms with van der Waals surface area (Å²) in [6, 6.07) is 8.95. The third-order valence-electron chi connectivity index (χ3n) is 5.79. The lowest BCUT2D eigenvalue weighted by Gasteiger charge is -2.33. The second-order valence-corrected chi connectivity index (χ2v) is 11.6. The van der Waals surface area contributed by atoms with E-state index < -0.39 is 28.5 Å². The number of sulfonamides is 1. The van der Waals surface area contributed by atoms with Crippen molar-refractivity contribution in [3.05, 3.63) is 62.6 Å². The molecule has 7 nitrogen and oxygen atoms in total. The number of halogens is 3. The number of anilines is 1. The SMILES string of the molecule is CCCCNC(=O)C(CC)N(Cc1c(Cl)cccc1Cl)C(=O)CN(c1cccc(Cl)c1C)S(C)(=O)=O. The smallest absolute Gasteiger partial charge is 0.244 e. The summed E-state index contributed by atoms with van der Waals surface area (Å²) in [5.74, 6) is -0.902. The van der Waals surface area contributed by atoms with Crippen molar-refractivity contribution >= 4 is 62.3 Å². The van der Waals surface area contributed by atoms with Gasteiger partial charge in [0, 0.05) is 33.7 Å². The third-order valence-corrected chi connectivity index (χ3v) is 8.04. The van der Waals surface area contributed by atoms with Crippen molar-refractivity contribution in [3.63, 3.8) is 0 Å². The molecule has 36 heavy (non-hydrogen) atoms. The second-order valence-electron chi connectivity index (χ2n) is 8.44. The maximum absolute atomic E-state index is 13.8. The highest BCUT2D eigenvalue weighted by atomic mass is 35.5. The van der Waals surface area contributed by atoms with Crippen LogP contribution in [0.15, 0.2) is 36.4 Å². The first-order chi connectivity index (χ1) is 16.9. The van der Waals surface area contributed by atoms with Crippen LogP contribution < -0.4 is 9.62 Å². The fourth-order valence-corrected chi connectivity index (χ4v) is 5.33. The molecule has 0 saturated carbocycles. The zero-order valence-corrected chi connectivity index (χ0v) is 23.9. The molecule has 2 aromatic carbocycles. The van der Waals surface area contributed by atoms with Crippen LogP contribution in [0.3, 0.4) is 0 Å². The molecule has 0 radical (unpaired) electrons. The van der Waals surface area contributed by atoms with Gasteiger partial charge in [0.25, 0.3) is 0 Å². The minimum atomic E-state index is -3.87. The van der Waals surface area contributed by atoms with Gasteiger partial charge in [-0.25, -0.2) is 8.42 Å². The van der Waals surface area contributed by atoms with Gasteiger partial charge in [0.15, 0.2) is 0 Å². The van der Waals surface area contributed by atoms with Crippen molar-refractivity contribution in [1.82, 2.24) is 10.2 Å². The highest BCUT2D eigenvalue weighted by molar-refractivity contribution is 7.92. The monoisotopic (exact) mass is 575 g/mol. The number of benzene rings is 2. The summed E-state index contributed by atoms with van der Waals surface area (Å²) in [4.78, 5) is 28.2. The summed E-state index contributed by atoms with van der Waals surface area (Å²) < 4.78 is 26.5. The molecule has 198 valence electrons. The Kier molecular flexibility index (Phi) is 11.3. The van der Waals surface area contributed by atoms with Crippen molar-refractivity contribution < 1.29 is 18.0 Å². The molecule has 0 fully saturated rings. The van der Waals surface area contributed by atoms with E-state index in [9.17, 15) is 18.0 Å². The lowest BCUT2D eigenvalue weighted by Crippen LogP contribution is -2.52. The van der Waals surface area contributed by atoms with Crippen LogP contribution in [-0.4, -0.2) is 50.5 Å². The first kappa shape index (κ1) is 30.2. The summed E-state index contributed by atoms with van der Waals surface area (Å²) in [5, 5.41) is 3.92. The van der Waals surface area contributed by atoms with Crippen LogP contribution in [-0.2, 0) is 26.2 Å². The molecule has 1 N–H and O–H groups in total. The summed E-state index contributed by atoms with van der Waals surface area (Å²) in [6.07, 6.45) is 3.02. The van der Waals surface area contributed by atoms with Gasteiger partial charge in [-0.3, -0.25) is 13.9 Å². The van der Waals surface area contributed by atoms with E-state index in [1.165, 1.54) is 4.90 Å². The molecule has 0 saturated heterocycles. The summed E-state index contributed by atoms with van der Waals surface area (Å²) in [6.45, 7) is 5.35. The Labute approximate surface area is 228 Å². The maximum Gasteiger partial charge on any atom is 0.244 e. The lowest BCUT2D eigenvalue weighted by atomic mass is 10.1. The second kappa shape index (κ2) is 13.5. The topological polar surface area (TPSA) is 86.8 Å². The average molecular weight is 577 g/mol. The molecular weight excluding hydrogens is 545 g/mol. The van der Waals surface area contributed by atoms with Crippen molar-refractivity contribution in [2.24, 2.45) is 0 Å². The molecule has 0 bridgehead atoms. The number of nitrogens with zero attached hydrogens (tertiary/aromatic N) is 2. The van der Waals surface area contributed by atoms with Crippen molar-refractivity contribution in [3.8, 4) is 0 Å².